The number of hydrogen-bond donors (Lipinski definition) is 0. The first-order valence-electron chi connectivity index (χ1n) is 6.13. The lowest BCUT2D eigenvalue weighted by Gasteiger charge is -2.27. The minimum Gasteiger partial charge on any atom is -0.207 e. The zero-order valence-corrected chi connectivity index (χ0v) is 11.9. The van der Waals surface area contributed by atoms with Crippen molar-refractivity contribution in [3.05, 3.63) is 41.0 Å². The zero-order valence-electron chi connectivity index (χ0n) is 11.1. The molecule has 4 heteroatoms. The van der Waals surface area contributed by atoms with Crippen molar-refractivity contribution in [2.75, 3.05) is 13.1 Å². The molecule has 0 unspecified atom stereocenters. The first-order valence-corrected chi connectivity index (χ1v) is 7.57. The molecule has 1 aromatic rings. The maximum atomic E-state index is 12.5. The van der Waals surface area contributed by atoms with Crippen molar-refractivity contribution in [3.8, 4) is 0 Å². The van der Waals surface area contributed by atoms with Crippen molar-refractivity contribution in [2.45, 2.75) is 32.1 Å². The zero-order chi connectivity index (χ0) is 13.3. The molecule has 18 heavy (non-hydrogen) atoms. The van der Waals surface area contributed by atoms with Crippen LogP contribution in [0.3, 0.4) is 0 Å². The summed E-state index contributed by atoms with van der Waals surface area (Å²) >= 11 is 0. The molecule has 0 radical (unpaired) electrons. The Hall–Kier alpha value is -1.13. The quantitative estimate of drug-likeness (QED) is 0.771. The van der Waals surface area contributed by atoms with Crippen molar-refractivity contribution >= 4 is 10.0 Å². The van der Waals surface area contributed by atoms with E-state index >= 15 is 0 Å². The van der Waals surface area contributed by atoms with Gasteiger partial charge in [0.05, 0.1) is 4.90 Å². The Morgan fingerprint density at radius 1 is 1.00 bits per heavy atom. The summed E-state index contributed by atoms with van der Waals surface area (Å²) in [7, 11) is -3.34. The molecular formula is C14H19NO2S. The molecule has 1 aliphatic heterocycles. The lowest BCUT2D eigenvalue weighted by atomic mass is 10.1. The summed E-state index contributed by atoms with van der Waals surface area (Å²) in [6.07, 6.45) is 0.830. The average Bonchev–Trinajstić information content (AvgIpc) is 2.33. The monoisotopic (exact) mass is 265 g/mol. The van der Waals surface area contributed by atoms with Gasteiger partial charge in [0.2, 0.25) is 10.0 Å². The van der Waals surface area contributed by atoms with Gasteiger partial charge < -0.3 is 0 Å². The highest BCUT2D eigenvalue weighted by molar-refractivity contribution is 7.89. The number of rotatable bonds is 2. The first kappa shape index (κ1) is 13.3. The van der Waals surface area contributed by atoms with Crippen LogP contribution in [0.2, 0.25) is 0 Å². The molecular weight excluding hydrogens is 246 g/mol. The Balaban J connectivity index is 2.30. The fourth-order valence-corrected chi connectivity index (χ4v) is 3.52. The van der Waals surface area contributed by atoms with E-state index in [1.807, 2.05) is 26.0 Å². The van der Waals surface area contributed by atoms with Crippen LogP contribution >= 0.6 is 0 Å². The number of hydrogen-bond acceptors (Lipinski definition) is 2. The van der Waals surface area contributed by atoms with Crippen LogP contribution in [0.25, 0.3) is 0 Å². The van der Waals surface area contributed by atoms with Crippen LogP contribution in [0.15, 0.2) is 40.3 Å². The van der Waals surface area contributed by atoms with Gasteiger partial charge in [-0.05, 0) is 39.3 Å². The third kappa shape index (κ3) is 2.49. The molecule has 0 amide bonds. The fourth-order valence-electron chi connectivity index (χ4n) is 2.05. The third-order valence-electron chi connectivity index (χ3n) is 3.54. The fraction of sp³-hybridized carbons (Fsp3) is 0.429. The van der Waals surface area contributed by atoms with E-state index in [0.29, 0.717) is 18.0 Å². The number of sulfonamides is 1. The molecule has 1 heterocycles. The average molecular weight is 265 g/mol. The minimum atomic E-state index is -3.34. The summed E-state index contributed by atoms with van der Waals surface area (Å²) in [4.78, 5) is 0.389. The van der Waals surface area contributed by atoms with Gasteiger partial charge in [-0.25, -0.2) is 8.42 Å². The van der Waals surface area contributed by atoms with Crippen LogP contribution in [-0.2, 0) is 10.0 Å². The summed E-state index contributed by atoms with van der Waals surface area (Å²) < 4.78 is 26.5. The second kappa shape index (κ2) is 4.86. The van der Waals surface area contributed by atoms with Gasteiger partial charge in [-0.3, -0.25) is 0 Å². The van der Waals surface area contributed by atoms with Crippen LogP contribution in [0, 0.1) is 6.92 Å². The smallest absolute Gasteiger partial charge is 0.207 e. The lowest BCUT2D eigenvalue weighted by molar-refractivity contribution is 0.421. The van der Waals surface area contributed by atoms with E-state index in [-0.39, 0.29) is 0 Å². The van der Waals surface area contributed by atoms with Gasteiger partial charge in [0, 0.05) is 13.1 Å². The Labute approximate surface area is 109 Å². The Morgan fingerprint density at radius 2 is 1.61 bits per heavy atom. The topological polar surface area (TPSA) is 37.4 Å². The summed E-state index contributed by atoms with van der Waals surface area (Å²) in [6.45, 7) is 7.13. The lowest BCUT2D eigenvalue weighted by Crippen LogP contribution is -2.36. The van der Waals surface area contributed by atoms with E-state index in [1.165, 1.54) is 5.57 Å². The first-order chi connectivity index (χ1) is 8.41. The summed E-state index contributed by atoms with van der Waals surface area (Å²) in [6, 6.07) is 7.05. The Kier molecular flexibility index (Phi) is 3.59. The number of benzene rings is 1. The highest BCUT2D eigenvalue weighted by atomic mass is 32.2. The van der Waals surface area contributed by atoms with Gasteiger partial charge in [0.15, 0.2) is 0 Å². The molecule has 0 bridgehead atoms. The van der Waals surface area contributed by atoms with E-state index in [9.17, 15) is 8.42 Å². The highest BCUT2D eigenvalue weighted by Crippen LogP contribution is 2.23. The molecule has 0 atom stereocenters. The standard InChI is InChI=1S/C14H19NO2S/c1-11-4-6-14(7-5-11)18(16,17)15-9-8-12(2)13(3)10-15/h4-7H,8-10H2,1-3H3. The predicted molar refractivity (Wildman–Crippen MR) is 72.9 cm³/mol. The van der Waals surface area contributed by atoms with E-state index in [4.69, 9.17) is 0 Å². The second-order valence-corrected chi connectivity index (χ2v) is 6.90. The van der Waals surface area contributed by atoms with Crippen molar-refractivity contribution in [1.29, 1.82) is 0 Å². The normalized spacial score (nSPS) is 18.2. The minimum absolute atomic E-state index is 0.389. The molecule has 98 valence electrons. The number of aryl methyl sites for hydroxylation is 1. The van der Waals surface area contributed by atoms with Crippen LogP contribution in [0.5, 0.6) is 0 Å². The van der Waals surface area contributed by atoms with Crippen LogP contribution < -0.4 is 0 Å². The van der Waals surface area contributed by atoms with E-state index in [2.05, 4.69) is 6.92 Å². The molecule has 0 aromatic heterocycles. The highest BCUT2D eigenvalue weighted by Gasteiger charge is 2.27. The summed E-state index contributed by atoms with van der Waals surface area (Å²) in [5, 5.41) is 0. The largest absolute Gasteiger partial charge is 0.243 e. The van der Waals surface area contributed by atoms with E-state index < -0.39 is 10.0 Å². The van der Waals surface area contributed by atoms with Crippen molar-refractivity contribution in [1.82, 2.24) is 4.31 Å². The maximum Gasteiger partial charge on any atom is 0.243 e. The van der Waals surface area contributed by atoms with Crippen LogP contribution in [-0.4, -0.2) is 25.8 Å². The maximum absolute atomic E-state index is 12.5. The molecule has 0 N–H and O–H groups in total. The molecule has 1 aromatic carbocycles. The summed E-state index contributed by atoms with van der Waals surface area (Å²) in [5.74, 6) is 0. The Morgan fingerprint density at radius 3 is 2.17 bits per heavy atom. The van der Waals surface area contributed by atoms with Gasteiger partial charge in [0.25, 0.3) is 0 Å². The molecule has 2 rings (SSSR count). The SMILES string of the molecule is CC1=C(C)CN(S(=O)(=O)c2ccc(C)cc2)CC1. The van der Waals surface area contributed by atoms with Crippen LogP contribution in [0.4, 0.5) is 0 Å². The van der Waals surface area contributed by atoms with E-state index in [1.54, 1.807) is 16.4 Å². The van der Waals surface area contributed by atoms with Crippen molar-refractivity contribution < 1.29 is 8.42 Å². The molecule has 0 aliphatic carbocycles. The molecule has 0 spiro atoms. The predicted octanol–water partition coefficient (Wildman–Crippen LogP) is 2.73. The van der Waals surface area contributed by atoms with Gasteiger partial charge in [-0.15, -0.1) is 0 Å². The molecule has 0 fully saturated rings. The van der Waals surface area contributed by atoms with Crippen molar-refractivity contribution in [3.63, 3.8) is 0 Å². The molecule has 0 saturated heterocycles. The number of nitrogens with zero attached hydrogens (tertiary/aromatic N) is 1. The van der Waals surface area contributed by atoms with Gasteiger partial charge in [-0.1, -0.05) is 28.8 Å². The molecule has 1 aliphatic rings. The van der Waals surface area contributed by atoms with Gasteiger partial charge >= 0.3 is 0 Å². The third-order valence-corrected chi connectivity index (χ3v) is 5.40. The van der Waals surface area contributed by atoms with E-state index in [0.717, 1.165) is 17.6 Å². The van der Waals surface area contributed by atoms with Gasteiger partial charge in [-0.2, -0.15) is 4.31 Å². The molecule has 3 nitrogen and oxygen atoms in total. The van der Waals surface area contributed by atoms with Gasteiger partial charge in [0.1, 0.15) is 0 Å². The molecule has 0 saturated carbocycles. The Bertz CT molecular complexity index is 570. The summed E-state index contributed by atoms with van der Waals surface area (Å²) in [5.41, 5.74) is 3.54. The van der Waals surface area contributed by atoms with Crippen molar-refractivity contribution in [2.24, 2.45) is 0 Å². The second-order valence-electron chi connectivity index (χ2n) is 4.96. The van der Waals surface area contributed by atoms with Crippen LogP contribution in [0.1, 0.15) is 25.8 Å².